The smallest absolute Gasteiger partial charge is 0.223 e. The Kier molecular flexibility index (Phi) is 2.77. The quantitative estimate of drug-likeness (QED) is 0.755. The first kappa shape index (κ1) is 11.0. The highest BCUT2D eigenvalue weighted by Gasteiger charge is 2.26. The number of halogens is 2. The van der Waals surface area contributed by atoms with Crippen LogP contribution in [0.15, 0.2) is 30.3 Å². The van der Waals surface area contributed by atoms with E-state index in [0.717, 1.165) is 17.0 Å². The number of hydrogen-bond acceptors (Lipinski definition) is 2. The molecule has 0 N–H and O–H groups in total. The second-order valence-electron chi connectivity index (χ2n) is 4.20. The second-order valence-corrected chi connectivity index (χ2v) is 4.95. The molecule has 0 amide bonds. The van der Waals surface area contributed by atoms with Crippen LogP contribution < -0.4 is 0 Å². The van der Waals surface area contributed by atoms with E-state index in [1.807, 2.05) is 30.3 Å². The van der Waals surface area contributed by atoms with Crippen molar-refractivity contribution >= 4 is 23.2 Å². The zero-order chi connectivity index (χ0) is 11.8. The van der Waals surface area contributed by atoms with Gasteiger partial charge in [-0.2, -0.15) is 0 Å². The molecule has 1 saturated carbocycles. The first-order chi connectivity index (χ1) is 8.24. The molecular formula is C13H10Cl2N2. The van der Waals surface area contributed by atoms with Gasteiger partial charge in [-0.3, -0.25) is 0 Å². The van der Waals surface area contributed by atoms with Gasteiger partial charge in [-0.05, 0) is 36.6 Å². The third kappa shape index (κ3) is 2.28. The van der Waals surface area contributed by atoms with E-state index in [9.17, 15) is 0 Å². The van der Waals surface area contributed by atoms with Crippen molar-refractivity contribution in [3.63, 3.8) is 0 Å². The van der Waals surface area contributed by atoms with E-state index in [0.29, 0.717) is 16.2 Å². The second kappa shape index (κ2) is 4.28. The van der Waals surface area contributed by atoms with Gasteiger partial charge in [0.2, 0.25) is 5.28 Å². The summed E-state index contributed by atoms with van der Waals surface area (Å²) in [4.78, 5) is 8.51. The highest BCUT2D eigenvalue weighted by Crippen LogP contribution is 2.40. The van der Waals surface area contributed by atoms with Gasteiger partial charge in [0.1, 0.15) is 0 Å². The average Bonchev–Trinajstić information content (AvgIpc) is 3.12. The molecule has 1 aliphatic rings. The lowest BCUT2D eigenvalue weighted by Crippen LogP contribution is -1.94. The Balaban J connectivity index is 2.11. The fourth-order valence-corrected chi connectivity index (χ4v) is 2.25. The normalized spacial score (nSPS) is 14.9. The monoisotopic (exact) mass is 264 g/mol. The summed E-state index contributed by atoms with van der Waals surface area (Å²) in [6.07, 6.45) is 2.38. The highest BCUT2D eigenvalue weighted by molar-refractivity contribution is 6.33. The van der Waals surface area contributed by atoms with Crippen molar-refractivity contribution in [1.29, 1.82) is 0 Å². The van der Waals surface area contributed by atoms with Crippen molar-refractivity contribution in [2.75, 3.05) is 0 Å². The van der Waals surface area contributed by atoms with Gasteiger partial charge in [0.15, 0.2) is 0 Å². The first-order valence-corrected chi connectivity index (χ1v) is 6.29. The Morgan fingerprint density at radius 3 is 2.53 bits per heavy atom. The lowest BCUT2D eigenvalue weighted by atomic mass is 10.1. The Hall–Kier alpha value is -1.12. The van der Waals surface area contributed by atoms with Crippen LogP contribution >= 0.6 is 23.2 Å². The van der Waals surface area contributed by atoms with Gasteiger partial charge in [0.05, 0.1) is 5.69 Å². The van der Waals surface area contributed by atoms with E-state index < -0.39 is 0 Å². The van der Waals surface area contributed by atoms with E-state index in [4.69, 9.17) is 23.2 Å². The molecule has 4 heteroatoms. The molecule has 0 radical (unpaired) electrons. The lowest BCUT2D eigenvalue weighted by Gasteiger charge is -2.06. The zero-order valence-electron chi connectivity index (χ0n) is 9.03. The van der Waals surface area contributed by atoms with Crippen molar-refractivity contribution < 1.29 is 0 Å². The predicted molar refractivity (Wildman–Crippen MR) is 69.5 cm³/mol. The van der Waals surface area contributed by atoms with Crippen LogP contribution in [0.1, 0.15) is 24.5 Å². The van der Waals surface area contributed by atoms with Crippen LogP contribution in [0.2, 0.25) is 10.3 Å². The topological polar surface area (TPSA) is 25.8 Å². The van der Waals surface area contributed by atoms with Gasteiger partial charge in [0, 0.05) is 22.2 Å². The molecule has 1 fully saturated rings. The summed E-state index contributed by atoms with van der Waals surface area (Å²) in [5, 5.41) is 0.980. The molecule has 3 rings (SSSR count). The molecule has 0 saturated heterocycles. The van der Waals surface area contributed by atoms with E-state index in [-0.39, 0.29) is 0 Å². The van der Waals surface area contributed by atoms with Crippen molar-refractivity contribution in [1.82, 2.24) is 9.97 Å². The maximum absolute atomic E-state index is 6.16. The minimum atomic E-state index is 0.296. The minimum Gasteiger partial charge on any atom is -0.223 e. The number of rotatable bonds is 2. The molecule has 1 heterocycles. The van der Waals surface area contributed by atoms with Crippen LogP contribution in [0.25, 0.3) is 11.3 Å². The molecular weight excluding hydrogens is 255 g/mol. The van der Waals surface area contributed by atoms with Crippen LogP contribution in [-0.4, -0.2) is 9.97 Å². The molecule has 0 spiro atoms. The first-order valence-electron chi connectivity index (χ1n) is 5.53. The molecule has 17 heavy (non-hydrogen) atoms. The number of aromatic nitrogens is 2. The molecule has 2 nitrogen and oxygen atoms in total. The van der Waals surface area contributed by atoms with E-state index in [1.54, 1.807) is 0 Å². The Morgan fingerprint density at radius 1 is 1.06 bits per heavy atom. The van der Waals surface area contributed by atoms with Gasteiger partial charge in [0.25, 0.3) is 0 Å². The molecule has 1 aromatic carbocycles. The molecule has 86 valence electrons. The van der Waals surface area contributed by atoms with Crippen LogP contribution in [0, 0.1) is 0 Å². The highest BCUT2D eigenvalue weighted by atomic mass is 35.5. The Labute approximate surface area is 110 Å². The third-order valence-corrected chi connectivity index (χ3v) is 3.36. The fourth-order valence-electron chi connectivity index (χ4n) is 1.83. The van der Waals surface area contributed by atoms with Gasteiger partial charge < -0.3 is 0 Å². The number of hydrogen-bond donors (Lipinski definition) is 0. The van der Waals surface area contributed by atoms with E-state index in [2.05, 4.69) is 9.97 Å². The number of nitrogens with zero attached hydrogens (tertiary/aromatic N) is 2. The fraction of sp³-hybridized carbons (Fsp3) is 0.231. The van der Waals surface area contributed by atoms with Gasteiger partial charge in [-0.1, -0.05) is 29.8 Å². The average molecular weight is 265 g/mol. The molecule has 0 atom stereocenters. The van der Waals surface area contributed by atoms with E-state index >= 15 is 0 Å². The summed E-state index contributed by atoms with van der Waals surface area (Å²) in [5.41, 5.74) is 2.73. The predicted octanol–water partition coefficient (Wildman–Crippen LogP) is 4.33. The van der Waals surface area contributed by atoms with Gasteiger partial charge in [-0.25, -0.2) is 9.97 Å². The summed E-state index contributed by atoms with van der Waals surface area (Å²) in [6, 6.07) is 9.62. The summed E-state index contributed by atoms with van der Waals surface area (Å²) in [7, 11) is 0. The van der Waals surface area contributed by atoms with Crippen LogP contribution in [-0.2, 0) is 0 Å². The van der Waals surface area contributed by atoms with E-state index in [1.165, 1.54) is 12.8 Å². The summed E-state index contributed by atoms with van der Waals surface area (Å²) in [5.74, 6) is 0.553. The summed E-state index contributed by atoms with van der Waals surface area (Å²) >= 11 is 12.1. The summed E-state index contributed by atoms with van der Waals surface area (Å²) < 4.78 is 0. The third-order valence-electron chi connectivity index (χ3n) is 2.86. The lowest BCUT2D eigenvalue weighted by molar-refractivity contribution is 0.991. The van der Waals surface area contributed by atoms with Crippen LogP contribution in [0.4, 0.5) is 0 Å². The zero-order valence-corrected chi connectivity index (χ0v) is 10.5. The van der Waals surface area contributed by atoms with Gasteiger partial charge in [-0.15, -0.1) is 0 Å². The standard InChI is InChI=1S/C13H10Cl2N2/c14-10-4-2-1-3-9(10)12-7-11(8-5-6-8)16-13(15)17-12/h1-4,7-8H,5-6H2. The Bertz CT molecular complexity index is 565. The van der Waals surface area contributed by atoms with Crippen molar-refractivity contribution in [2.24, 2.45) is 0 Å². The number of benzene rings is 1. The van der Waals surface area contributed by atoms with Crippen molar-refractivity contribution in [2.45, 2.75) is 18.8 Å². The van der Waals surface area contributed by atoms with Crippen molar-refractivity contribution in [3.05, 3.63) is 46.3 Å². The SMILES string of the molecule is Clc1nc(-c2ccccc2Cl)cc(C2CC2)n1. The molecule has 2 aromatic rings. The van der Waals surface area contributed by atoms with Crippen LogP contribution in [0.3, 0.4) is 0 Å². The van der Waals surface area contributed by atoms with Crippen LogP contribution in [0.5, 0.6) is 0 Å². The molecule has 0 bridgehead atoms. The molecule has 1 aromatic heterocycles. The molecule has 0 aliphatic heterocycles. The largest absolute Gasteiger partial charge is 0.223 e. The Morgan fingerprint density at radius 2 is 1.82 bits per heavy atom. The van der Waals surface area contributed by atoms with Crippen molar-refractivity contribution in [3.8, 4) is 11.3 Å². The minimum absolute atomic E-state index is 0.296. The molecule has 1 aliphatic carbocycles. The summed E-state index contributed by atoms with van der Waals surface area (Å²) in [6.45, 7) is 0. The van der Waals surface area contributed by atoms with Gasteiger partial charge >= 0.3 is 0 Å². The molecule has 0 unspecified atom stereocenters. The maximum Gasteiger partial charge on any atom is 0.223 e. The maximum atomic E-state index is 6.16.